The van der Waals surface area contributed by atoms with Crippen LogP contribution < -0.4 is 5.32 Å². The summed E-state index contributed by atoms with van der Waals surface area (Å²) >= 11 is 0. The summed E-state index contributed by atoms with van der Waals surface area (Å²) in [6.45, 7) is 6.02. The van der Waals surface area contributed by atoms with Gasteiger partial charge in [0.25, 0.3) is 0 Å². The molecule has 0 aliphatic rings. The van der Waals surface area contributed by atoms with Crippen molar-refractivity contribution in [2.24, 2.45) is 0 Å². The highest BCUT2D eigenvalue weighted by atomic mass is 16.5. The molecule has 0 bridgehead atoms. The molecule has 1 N–H and O–H groups in total. The number of hydrogen-bond donors (Lipinski definition) is 1. The Hall–Kier alpha value is -0.860. The highest BCUT2D eigenvalue weighted by Crippen LogP contribution is 2.05. The fourth-order valence-electron chi connectivity index (χ4n) is 1.56. The third-order valence-electron chi connectivity index (χ3n) is 2.46. The molecule has 1 aromatic carbocycles. The largest absolute Gasteiger partial charge is 0.383 e. The predicted molar refractivity (Wildman–Crippen MR) is 64.2 cm³/mol. The fourth-order valence-corrected chi connectivity index (χ4v) is 1.56. The molecular formula is C13H21NO. The summed E-state index contributed by atoms with van der Waals surface area (Å²) in [7, 11) is 1.73. The first-order chi connectivity index (χ1) is 7.22. The van der Waals surface area contributed by atoms with Crippen molar-refractivity contribution in [2.45, 2.75) is 26.3 Å². The standard InChI is InChI=1S/C13H21NO/c1-11-4-6-13(7-5-11)10-12(2)14-8-9-15-3/h4-7,12,14H,8-10H2,1-3H3. The molecule has 0 radical (unpaired) electrons. The Balaban J connectivity index is 2.31. The van der Waals surface area contributed by atoms with Gasteiger partial charge in [0.1, 0.15) is 0 Å². The molecule has 15 heavy (non-hydrogen) atoms. The number of nitrogens with one attached hydrogen (secondary N) is 1. The smallest absolute Gasteiger partial charge is 0.0587 e. The van der Waals surface area contributed by atoms with Gasteiger partial charge in [-0.1, -0.05) is 29.8 Å². The minimum Gasteiger partial charge on any atom is -0.383 e. The number of benzene rings is 1. The van der Waals surface area contributed by atoms with Gasteiger partial charge in [0, 0.05) is 19.7 Å². The molecule has 2 nitrogen and oxygen atoms in total. The van der Waals surface area contributed by atoms with Gasteiger partial charge in [-0.25, -0.2) is 0 Å². The van der Waals surface area contributed by atoms with Gasteiger partial charge in [0.15, 0.2) is 0 Å². The first-order valence-corrected chi connectivity index (χ1v) is 5.50. The lowest BCUT2D eigenvalue weighted by Gasteiger charge is -2.13. The van der Waals surface area contributed by atoms with Gasteiger partial charge in [0.05, 0.1) is 6.61 Å². The van der Waals surface area contributed by atoms with E-state index >= 15 is 0 Å². The molecule has 0 aliphatic heterocycles. The second-order valence-electron chi connectivity index (χ2n) is 4.04. The van der Waals surface area contributed by atoms with Crippen LogP contribution in [0.5, 0.6) is 0 Å². The summed E-state index contributed by atoms with van der Waals surface area (Å²) in [5, 5.41) is 3.42. The molecule has 0 aromatic heterocycles. The van der Waals surface area contributed by atoms with Gasteiger partial charge in [-0.3, -0.25) is 0 Å². The number of hydrogen-bond acceptors (Lipinski definition) is 2. The Morgan fingerprint density at radius 2 is 1.93 bits per heavy atom. The summed E-state index contributed by atoms with van der Waals surface area (Å²) in [6, 6.07) is 9.23. The Bertz CT molecular complexity index is 268. The zero-order chi connectivity index (χ0) is 11.1. The zero-order valence-corrected chi connectivity index (χ0v) is 9.92. The third-order valence-corrected chi connectivity index (χ3v) is 2.46. The van der Waals surface area contributed by atoms with Crippen molar-refractivity contribution in [3.8, 4) is 0 Å². The quantitative estimate of drug-likeness (QED) is 0.722. The van der Waals surface area contributed by atoms with Crippen LogP contribution in [0.25, 0.3) is 0 Å². The van der Waals surface area contributed by atoms with E-state index in [1.54, 1.807) is 7.11 Å². The molecule has 0 heterocycles. The molecule has 0 saturated carbocycles. The van der Waals surface area contributed by atoms with Gasteiger partial charge in [-0.15, -0.1) is 0 Å². The van der Waals surface area contributed by atoms with Crippen LogP contribution in [-0.4, -0.2) is 26.3 Å². The average molecular weight is 207 g/mol. The molecule has 1 rings (SSSR count). The van der Waals surface area contributed by atoms with Crippen LogP contribution in [0, 0.1) is 6.92 Å². The van der Waals surface area contributed by atoms with E-state index in [1.165, 1.54) is 11.1 Å². The van der Waals surface area contributed by atoms with E-state index in [-0.39, 0.29) is 0 Å². The van der Waals surface area contributed by atoms with Crippen molar-refractivity contribution in [1.29, 1.82) is 0 Å². The topological polar surface area (TPSA) is 21.3 Å². The minimum absolute atomic E-state index is 0.503. The normalized spacial score (nSPS) is 12.7. The van der Waals surface area contributed by atoms with E-state index in [0.717, 1.165) is 19.6 Å². The molecule has 1 aromatic rings. The van der Waals surface area contributed by atoms with Crippen LogP contribution in [0.4, 0.5) is 0 Å². The van der Waals surface area contributed by atoms with Crippen LogP contribution in [0.2, 0.25) is 0 Å². The second kappa shape index (κ2) is 6.59. The monoisotopic (exact) mass is 207 g/mol. The molecule has 84 valence electrons. The molecule has 0 saturated heterocycles. The minimum atomic E-state index is 0.503. The number of methoxy groups -OCH3 is 1. The third kappa shape index (κ3) is 4.96. The van der Waals surface area contributed by atoms with Crippen molar-refractivity contribution in [3.63, 3.8) is 0 Å². The maximum atomic E-state index is 5.00. The van der Waals surface area contributed by atoms with Gasteiger partial charge in [-0.2, -0.15) is 0 Å². The number of aryl methyl sites for hydroxylation is 1. The zero-order valence-electron chi connectivity index (χ0n) is 9.92. The summed E-state index contributed by atoms with van der Waals surface area (Å²) in [5.74, 6) is 0. The Morgan fingerprint density at radius 3 is 2.53 bits per heavy atom. The fraction of sp³-hybridized carbons (Fsp3) is 0.538. The van der Waals surface area contributed by atoms with Crippen LogP contribution in [0.1, 0.15) is 18.1 Å². The van der Waals surface area contributed by atoms with Crippen LogP contribution >= 0.6 is 0 Å². The number of ether oxygens (including phenoxy) is 1. The molecule has 0 aliphatic carbocycles. The van der Waals surface area contributed by atoms with E-state index in [1.807, 2.05) is 0 Å². The Morgan fingerprint density at radius 1 is 1.27 bits per heavy atom. The molecular weight excluding hydrogens is 186 g/mol. The first-order valence-electron chi connectivity index (χ1n) is 5.50. The molecule has 0 fully saturated rings. The van der Waals surface area contributed by atoms with Gasteiger partial charge >= 0.3 is 0 Å². The average Bonchev–Trinajstić information content (AvgIpc) is 2.22. The lowest BCUT2D eigenvalue weighted by atomic mass is 10.1. The lowest BCUT2D eigenvalue weighted by molar-refractivity contribution is 0.196. The van der Waals surface area contributed by atoms with E-state index < -0.39 is 0 Å². The highest BCUT2D eigenvalue weighted by molar-refractivity contribution is 5.21. The predicted octanol–water partition coefficient (Wildman–Crippen LogP) is 2.16. The van der Waals surface area contributed by atoms with E-state index in [2.05, 4.69) is 43.4 Å². The summed E-state index contributed by atoms with van der Waals surface area (Å²) < 4.78 is 5.00. The highest BCUT2D eigenvalue weighted by Gasteiger charge is 2.01. The maximum absolute atomic E-state index is 5.00. The van der Waals surface area contributed by atoms with Crippen LogP contribution in [0.15, 0.2) is 24.3 Å². The summed E-state index contributed by atoms with van der Waals surface area (Å²) in [6.07, 6.45) is 1.07. The van der Waals surface area contributed by atoms with Crippen molar-refractivity contribution in [3.05, 3.63) is 35.4 Å². The molecule has 0 spiro atoms. The van der Waals surface area contributed by atoms with Crippen molar-refractivity contribution >= 4 is 0 Å². The second-order valence-corrected chi connectivity index (χ2v) is 4.04. The maximum Gasteiger partial charge on any atom is 0.0587 e. The van der Waals surface area contributed by atoms with Crippen molar-refractivity contribution in [2.75, 3.05) is 20.3 Å². The van der Waals surface area contributed by atoms with Crippen LogP contribution in [-0.2, 0) is 11.2 Å². The molecule has 2 heteroatoms. The Kier molecular flexibility index (Phi) is 5.37. The number of rotatable bonds is 6. The van der Waals surface area contributed by atoms with E-state index in [9.17, 15) is 0 Å². The SMILES string of the molecule is COCCNC(C)Cc1ccc(C)cc1. The van der Waals surface area contributed by atoms with Crippen molar-refractivity contribution < 1.29 is 4.74 Å². The van der Waals surface area contributed by atoms with Gasteiger partial charge in [-0.05, 0) is 25.8 Å². The Labute approximate surface area is 92.6 Å². The van der Waals surface area contributed by atoms with Gasteiger partial charge < -0.3 is 10.1 Å². The lowest BCUT2D eigenvalue weighted by Crippen LogP contribution is -2.30. The molecule has 0 amide bonds. The van der Waals surface area contributed by atoms with E-state index in [4.69, 9.17) is 4.74 Å². The van der Waals surface area contributed by atoms with Crippen molar-refractivity contribution in [1.82, 2.24) is 5.32 Å². The van der Waals surface area contributed by atoms with E-state index in [0.29, 0.717) is 6.04 Å². The van der Waals surface area contributed by atoms with Crippen LogP contribution in [0.3, 0.4) is 0 Å². The first kappa shape index (κ1) is 12.2. The summed E-state index contributed by atoms with van der Waals surface area (Å²) in [5.41, 5.74) is 2.71. The van der Waals surface area contributed by atoms with Gasteiger partial charge in [0.2, 0.25) is 0 Å². The molecule has 1 unspecified atom stereocenters. The molecule has 1 atom stereocenters. The summed E-state index contributed by atoms with van der Waals surface area (Å²) in [4.78, 5) is 0.